The summed E-state index contributed by atoms with van der Waals surface area (Å²) in [5, 5.41) is 6.15. The van der Waals surface area contributed by atoms with Crippen LogP contribution in [0.4, 0.5) is 5.69 Å². The average molecular weight is 352 g/mol. The molecule has 0 radical (unpaired) electrons. The maximum Gasteiger partial charge on any atom is 0.295 e. The lowest BCUT2D eigenvalue weighted by atomic mass is 10.3. The van der Waals surface area contributed by atoms with E-state index < -0.39 is 10.0 Å². The first-order chi connectivity index (χ1) is 10.9. The monoisotopic (exact) mass is 351 g/mol. The topological polar surface area (TPSA) is 105 Å². The van der Waals surface area contributed by atoms with Gasteiger partial charge in [0.15, 0.2) is 5.76 Å². The van der Waals surface area contributed by atoms with E-state index in [2.05, 4.69) is 14.9 Å². The van der Waals surface area contributed by atoms with E-state index in [9.17, 15) is 13.2 Å². The van der Waals surface area contributed by atoms with Crippen LogP contribution in [-0.4, -0.2) is 18.6 Å². The minimum atomic E-state index is -3.90. The third-order valence-electron chi connectivity index (χ3n) is 2.85. The molecule has 0 unspecified atom stereocenters. The zero-order chi connectivity index (χ0) is 16.4. The predicted molar refractivity (Wildman–Crippen MR) is 84.8 cm³/mol. The second kappa shape index (κ2) is 5.90. The van der Waals surface area contributed by atoms with Gasteiger partial charge in [-0.2, -0.15) is 13.5 Å². The van der Waals surface area contributed by atoms with Gasteiger partial charge in [-0.1, -0.05) is 17.7 Å². The first-order valence-corrected chi connectivity index (χ1v) is 8.24. The van der Waals surface area contributed by atoms with Gasteiger partial charge in [-0.25, -0.2) is 5.10 Å². The highest BCUT2D eigenvalue weighted by molar-refractivity contribution is 7.92. The summed E-state index contributed by atoms with van der Waals surface area (Å²) in [6.07, 6.45) is 0. The number of hydrogen-bond acceptors (Lipinski definition) is 5. The van der Waals surface area contributed by atoms with Crippen LogP contribution in [0.3, 0.4) is 0 Å². The summed E-state index contributed by atoms with van der Waals surface area (Å²) in [6.45, 7) is 0. The number of rotatable bonds is 4. The highest BCUT2D eigenvalue weighted by Crippen LogP contribution is 2.24. The molecular weight excluding hydrogens is 342 g/mol. The number of sulfonamides is 1. The Morgan fingerprint density at radius 1 is 1.13 bits per heavy atom. The number of nitrogens with one attached hydrogen (secondary N) is 2. The number of hydrogen-bond donors (Lipinski definition) is 2. The minimum absolute atomic E-state index is 0.215. The number of nitrogens with zero attached hydrogens (tertiary/aromatic N) is 1. The van der Waals surface area contributed by atoms with Crippen molar-refractivity contribution in [3.05, 3.63) is 63.9 Å². The van der Waals surface area contributed by atoms with Crippen molar-refractivity contribution in [2.45, 2.75) is 5.09 Å². The average Bonchev–Trinajstić information content (AvgIpc) is 2.98. The van der Waals surface area contributed by atoms with Crippen molar-refractivity contribution in [3.63, 3.8) is 0 Å². The number of benzene rings is 1. The molecule has 0 atom stereocenters. The predicted octanol–water partition coefficient (Wildman–Crippen LogP) is 2.48. The van der Waals surface area contributed by atoms with Crippen LogP contribution in [0.25, 0.3) is 11.5 Å². The Morgan fingerprint density at radius 2 is 1.96 bits per heavy atom. The van der Waals surface area contributed by atoms with Crippen LogP contribution >= 0.6 is 11.6 Å². The Kier molecular flexibility index (Phi) is 3.93. The number of aromatic amines is 1. The maximum absolute atomic E-state index is 12.3. The van der Waals surface area contributed by atoms with E-state index in [0.29, 0.717) is 16.4 Å². The summed E-state index contributed by atoms with van der Waals surface area (Å²) in [5.74, 6) is 0.215. The first kappa shape index (κ1) is 15.3. The highest BCUT2D eigenvalue weighted by Gasteiger charge is 2.20. The van der Waals surface area contributed by atoms with Gasteiger partial charge in [0.2, 0.25) is 5.09 Å². The number of furan rings is 1. The van der Waals surface area contributed by atoms with Gasteiger partial charge in [0.25, 0.3) is 15.6 Å². The van der Waals surface area contributed by atoms with Crippen LogP contribution in [-0.2, 0) is 10.0 Å². The van der Waals surface area contributed by atoms with Gasteiger partial charge < -0.3 is 4.42 Å². The minimum Gasteiger partial charge on any atom is -0.441 e. The lowest BCUT2D eigenvalue weighted by molar-refractivity contribution is 0.461. The molecule has 118 valence electrons. The molecule has 0 bridgehead atoms. The Balaban J connectivity index is 1.89. The maximum atomic E-state index is 12.3. The summed E-state index contributed by atoms with van der Waals surface area (Å²) in [6, 6.07) is 11.7. The van der Waals surface area contributed by atoms with Crippen molar-refractivity contribution >= 4 is 27.3 Å². The molecule has 0 aliphatic rings. The molecule has 0 fully saturated rings. The van der Waals surface area contributed by atoms with Crippen molar-refractivity contribution in [2.24, 2.45) is 0 Å². The third-order valence-corrected chi connectivity index (χ3v) is 4.34. The Bertz CT molecular complexity index is 990. The molecule has 0 saturated heterocycles. The third kappa shape index (κ3) is 3.43. The summed E-state index contributed by atoms with van der Waals surface area (Å²) >= 11 is 5.82. The number of anilines is 1. The molecule has 3 aromatic rings. The molecular formula is C14H10ClN3O4S. The fourth-order valence-electron chi connectivity index (χ4n) is 1.84. The van der Waals surface area contributed by atoms with Gasteiger partial charge in [0.05, 0.1) is 5.69 Å². The molecule has 2 aromatic heterocycles. The van der Waals surface area contributed by atoms with Gasteiger partial charge in [-0.15, -0.1) is 0 Å². The van der Waals surface area contributed by atoms with Gasteiger partial charge in [0, 0.05) is 11.1 Å². The summed E-state index contributed by atoms with van der Waals surface area (Å²) in [7, 11) is -3.90. The first-order valence-electron chi connectivity index (χ1n) is 6.38. The van der Waals surface area contributed by atoms with Gasteiger partial charge in [0.1, 0.15) is 5.69 Å². The molecule has 0 spiro atoms. The summed E-state index contributed by atoms with van der Waals surface area (Å²) < 4.78 is 32.2. The van der Waals surface area contributed by atoms with E-state index in [-0.39, 0.29) is 16.4 Å². The van der Waals surface area contributed by atoms with Crippen molar-refractivity contribution in [1.29, 1.82) is 0 Å². The van der Waals surface area contributed by atoms with E-state index in [1.807, 2.05) is 0 Å². The lowest BCUT2D eigenvalue weighted by Gasteiger charge is -2.05. The molecule has 0 saturated carbocycles. The highest BCUT2D eigenvalue weighted by atomic mass is 35.5. The van der Waals surface area contributed by atoms with Crippen LogP contribution in [0, 0.1) is 0 Å². The molecule has 0 aliphatic heterocycles. The van der Waals surface area contributed by atoms with Crippen LogP contribution in [0.5, 0.6) is 0 Å². The normalized spacial score (nSPS) is 11.3. The summed E-state index contributed by atoms with van der Waals surface area (Å²) in [4.78, 5) is 11.0. The molecule has 23 heavy (non-hydrogen) atoms. The zero-order valence-electron chi connectivity index (χ0n) is 11.5. The molecule has 2 heterocycles. The summed E-state index contributed by atoms with van der Waals surface area (Å²) in [5.41, 5.74) is 0.266. The van der Waals surface area contributed by atoms with Crippen LogP contribution in [0.1, 0.15) is 0 Å². The fourth-order valence-corrected chi connectivity index (χ4v) is 3.02. The quantitative estimate of drug-likeness (QED) is 0.751. The SMILES string of the molecule is O=c1ccc(-c2ccc(S(=O)(=O)Nc3cccc(Cl)c3)o2)n[nH]1. The van der Waals surface area contributed by atoms with Crippen LogP contribution in [0.2, 0.25) is 5.02 Å². The number of H-pyrrole nitrogens is 1. The van der Waals surface area contributed by atoms with E-state index >= 15 is 0 Å². The molecule has 0 amide bonds. The van der Waals surface area contributed by atoms with Crippen molar-refractivity contribution < 1.29 is 12.8 Å². The van der Waals surface area contributed by atoms with Gasteiger partial charge >= 0.3 is 0 Å². The Hall–Kier alpha value is -2.58. The standard InChI is InChI=1S/C14H10ClN3O4S/c15-9-2-1-3-10(8-9)18-23(20,21)14-7-5-12(22-14)11-4-6-13(19)17-16-11/h1-8,18H,(H,17,19). The number of aromatic nitrogens is 2. The van der Waals surface area contributed by atoms with Crippen LogP contribution < -0.4 is 10.3 Å². The van der Waals surface area contributed by atoms with Gasteiger partial charge in [-0.3, -0.25) is 9.52 Å². The lowest BCUT2D eigenvalue weighted by Crippen LogP contribution is -2.12. The van der Waals surface area contributed by atoms with Crippen molar-refractivity contribution in [3.8, 4) is 11.5 Å². The van der Waals surface area contributed by atoms with E-state index in [0.717, 1.165) is 0 Å². The van der Waals surface area contributed by atoms with Crippen molar-refractivity contribution in [1.82, 2.24) is 10.2 Å². The van der Waals surface area contributed by atoms with E-state index in [1.54, 1.807) is 18.2 Å². The smallest absolute Gasteiger partial charge is 0.295 e. The molecule has 2 N–H and O–H groups in total. The van der Waals surface area contributed by atoms with Gasteiger partial charge in [-0.05, 0) is 36.4 Å². The molecule has 7 nitrogen and oxygen atoms in total. The van der Waals surface area contributed by atoms with Crippen molar-refractivity contribution in [2.75, 3.05) is 4.72 Å². The van der Waals surface area contributed by atoms with Crippen LogP contribution in [0.15, 0.2) is 62.8 Å². The Labute approximate surface area is 136 Å². The zero-order valence-corrected chi connectivity index (χ0v) is 13.1. The molecule has 9 heteroatoms. The second-order valence-corrected chi connectivity index (χ2v) is 6.59. The second-order valence-electron chi connectivity index (χ2n) is 4.54. The molecule has 3 rings (SSSR count). The van der Waals surface area contributed by atoms with E-state index in [4.69, 9.17) is 16.0 Å². The largest absolute Gasteiger partial charge is 0.441 e. The fraction of sp³-hybridized carbons (Fsp3) is 0. The number of halogens is 1. The Morgan fingerprint density at radius 3 is 2.65 bits per heavy atom. The van der Waals surface area contributed by atoms with E-state index in [1.165, 1.54) is 30.3 Å². The molecule has 1 aromatic carbocycles. The molecule has 0 aliphatic carbocycles.